The summed E-state index contributed by atoms with van der Waals surface area (Å²) in [5.74, 6) is -3.49. The molecule has 1 saturated heterocycles. The lowest BCUT2D eigenvalue weighted by atomic mass is 9.97. The van der Waals surface area contributed by atoms with Gasteiger partial charge in [-0.05, 0) is 52.3 Å². The van der Waals surface area contributed by atoms with Gasteiger partial charge in [-0.25, -0.2) is 9.18 Å². The number of carbonyl (C=O) groups is 1. The highest BCUT2D eigenvalue weighted by molar-refractivity contribution is 5.59. The van der Waals surface area contributed by atoms with Crippen molar-refractivity contribution in [1.29, 1.82) is 0 Å². The van der Waals surface area contributed by atoms with Gasteiger partial charge in [-0.15, -0.1) is 5.10 Å². The Kier molecular flexibility index (Phi) is 9.21. The number of nitrogens with zero attached hydrogens (tertiary/aromatic N) is 2. The van der Waals surface area contributed by atoms with Crippen LogP contribution in [-0.4, -0.2) is 86.6 Å². The lowest BCUT2D eigenvalue weighted by Gasteiger charge is -2.44. The molecular weight excluding hydrogens is 507 g/mol. The lowest BCUT2D eigenvalue weighted by Crippen LogP contribution is -2.67. The average Bonchev–Trinajstić information content (AvgIpc) is 3.15. The van der Waals surface area contributed by atoms with E-state index in [2.05, 4.69) is 9.84 Å². The zero-order valence-corrected chi connectivity index (χ0v) is 22.1. The zero-order chi connectivity index (χ0) is 28.4. The molecule has 38 heavy (non-hydrogen) atoms. The van der Waals surface area contributed by atoms with Crippen molar-refractivity contribution >= 4 is 6.16 Å². The van der Waals surface area contributed by atoms with Crippen LogP contribution in [0, 0.1) is 12.7 Å². The van der Waals surface area contributed by atoms with Crippen molar-refractivity contribution in [3.63, 3.8) is 0 Å². The molecule has 5 atom stereocenters. The highest BCUT2D eigenvalue weighted by atomic mass is 19.1. The summed E-state index contributed by atoms with van der Waals surface area (Å²) in [4.78, 5) is 11.3. The normalized spacial score (nSPS) is 25.5. The second-order valence-corrected chi connectivity index (χ2v) is 9.60. The van der Waals surface area contributed by atoms with Crippen LogP contribution < -0.4 is 9.47 Å². The fourth-order valence-electron chi connectivity index (χ4n) is 4.07. The number of rotatable bonds is 9. The van der Waals surface area contributed by atoms with Crippen LogP contribution in [0.15, 0.2) is 18.2 Å². The van der Waals surface area contributed by atoms with E-state index in [0.29, 0.717) is 16.8 Å². The molecule has 0 aliphatic carbocycles. The Morgan fingerprint density at radius 3 is 2.47 bits per heavy atom. The minimum absolute atomic E-state index is 0.107. The molecule has 0 radical (unpaired) electrons. The number of aromatic nitrogens is 2. The van der Waals surface area contributed by atoms with E-state index in [9.17, 15) is 29.6 Å². The molecule has 1 aliphatic rings. The van der Waals surface area contributed by atoms with Crippen LogP contribution in [0.2, 0.25) is 0 Å². The van der Waals surface area contributed by atoms with E-state index in [1.54, 1.807) is 31.5 Å². The van der Waals surface area contributed by atoms with Gasteiger partial charge >= 0.3 is 12.1 Å². The Labute approximate surface area is 219 Å². The fourth-order valence-corrected chi connectivity index (χ4v) is 4.07. The second-order valence-electron chi connectivity index (χ2n) is 9.60. The van der Waals surface area contributed by atoms with Crippen molar-refractivity contribution < 1.29 is 53.3 Å². The van der Waals surface area contributed by atoms with Crippen LogP contribution in [0.1, 0.15) is 50.6 Å². The smallest absolute Gasteiger partial charge is 0.488 e. The van der Waals surface area contributed by atoms with Gasteiger partial charge in [-0.2, -0.15) is 0 Å². The molecule has 1 aromatic carbocycles. The Balaban J connectivity index is 1.93. The number of hydrogen-bond acceptors (Lipinski definition) is 11. The first kappa shape index (κ1) is 29.6. The Bertz CT molecular complexity index is 1120. The number of methoxy groups -OCH3 is 1. The number of benzene rings is 1. The van der Waals surface area contributed by atoms with Crippen molar-refractivity contribution in [1.82, 2.24) is 9.78 Å². The minimum Gasteiger partial charge on any atom is -0.488 e. The molecule has 3 rings (SSSR count). The molecule has 13 heteroatoms. The first-order chi connectivity index (χ1) is 17.8. The number of carbonyl (C=O) groups excluding carboxylic acids is 1. The van der Waals surface area contributed by atoms with E-state index in [1.807, 2.05) is 13.8 Å². The van der Waals surface area contributed by atoms with Gasteiger partial charge in [-0.1, -0.05) is 6.07 Å². The van der Waals surface area contributed by atoms with Gasteiger partial charge in [0.1, 0.15) is 24.9 Å². The molecule has 0 bridgehead atoms. The monoisotopic (exact) mass is 542 g/mol. The largest absolute Gasteiger partial charge is 0.508 e. The summed E-state index contributed by atoms with van der Waals surface area (Å²) < 4.78 is 41.8. The highest BCUT2D eigenvalue weighted by Crippen LogP contribution is 2.35. The van der Waals surface area contributed by atoms with E-state index >= 15 is 0 Å². The van der Waals surface area contributed by atoms with Gasteiger partial charge in [0.2, 0.25) is 5.88 Å². The Morgan fingerprint density at radius 2 is 1.89 bits per heavy atom. The molecule has 0 unspecified atom stereocenters. The molecule has 212 valence electrons. The van der Waals surface area contributed by atoms with Gasteiger partial charge in [0.15, 0.2) is 17.7 Å². The van der Waals surface area contributed by atoms with Crippen LogP contribution in [0.25, 0.3) is 0 Å². The molecule has 1 aromatic heterocycles. The summed E-state index contributed by atoms with van der Waals surface area (Å²) >= 11 is 0. The quantitative estimate of drug-likeness (QED) is 0.269. The van der Waals surface area contributed by atoms with E-state index < -0.39 is 49.0 Å². The molecule has 0 saturated carbocycles. The van der Waals surface area contributed by atoms with Crippen LogP contribution in [0.5, 0.6) is 11.6 Å². The van der Waals surface area contributed by atoms with E-state index in [0.717, 1.165) is 7.11 Å². The van der Waals surface area contributed by atoms with Crippen molar-refractivity contribution in [3.05, 3.63) is 40.8 Å². The van der Waals surface area contributed by atoms with Crippen LogP contribution >= 0.6 is 0 Å². The Hall–Kier alpha value is -2.97. The topological polar surface area (TPSA) is 162 Å². The summed E-state index contributed by atoms with van der Waals surface area (Å²) in [5, 5.41) is 46.6. The molecular formula is C25H35FN2O10. The van der Waals surface area contributed by atoms with Crippen LogP contribution in [-0.2, 0) is 20.6 Å². The third-order valence-corrected chi connectivity index (χ3v) is 5.99. The average molecular weight is 543 g/mol. The van der Waals surface area contributed by atoms with Gasteiger partial charge in [-0.3, -0.25) is 4.68 Å². The molecule has 2 aromatic rings. The molecule has 12 nitrogen and oxygen atoms in total. The third-order valence-electron chi connectivity index (χ3n) is 5.99. The van der Waals surface area contributed by atoms with Gasteiger partial charge in [0.05, 0.1) is 13.2 Å². The summed E-state index contributed by atoms with van der Waals surface area (Å²) in [6, 6.07) is 4.37. The SMILES string of the molecule is COC(=O)OC[C@H]1O[C@](O)(Oc2nn(C(C)C)c(C)c2Cc2ccc(OC(C)C)c(F)c2)[C@H](O)[C@@H](O)[C@@H]1O. The third kappa shape index (κ3) is 6.35. The summed E-state index contributed by atoms with van der Waals surface area (Å²) in [6.07, 6.45) is -8.46. The maximum absolute atomic E-state index is 14.6. The van der Waals surface area contributed by atoms with Crippen molar-refractivity contribution in [2.24, 2.45) is 0 Å². The number of aliphatic hydroxyl groups excluding tert-OH is 3. The van der Waals surface area contributed by atoms with E-state index in [1.165, 1.54) is 12.1 Å². The Morgan fingerprint density at radius 1 is 1.21 bits per heavy atom. The lowest BCUT2D eigenvalue weighted by molar-refractivity contribution is -0.423. The predicted molar refractivity (Wildman–Crippen MR) is 129 cm³/mol. The van der Waals surface area contributed by atoms with Gasteiger partial charge < -0.3 is 44.1 Å². The molecule has 0 amide bonds. The van der Waals surface area contributed by atoms with Crippen molar-refractivity contribution in [2.75, 3.05) is 13.7 Å². The summed E-state index contributed by atoms with van der Waals surface area (Å²) in [7, 11) is 1.07. The van der Waals surface area contributed by atoms with Crippen molar-refractivity contribution in [2.45, 2.75) is 83.6 Å². The zero-order valence-electron chi connectivity index (χ0n) is 22.1. The molecule has 1 aliphatic heterocycles. The van der Waals surface area contributed by atoms with Crippen molar-refractivity contribution in [3.8, 4) is 11.6 Å². The second kappa shape index (κ2) is 11.8. The summed E-state index contributed by atoms with van der Waals surface area (Å²) in [5.41, 5.74) is 1.63. The number of halogens is 1. The summed E-state index contributed by atoms with van der Waals surface area (Å²) in [6.45, 7) is 8.44. The molecule has 0 spiro atoms. The molecule has 2 heterocycles. The standard InChI is InChI=1S/C25H35FN2O10/c1-12(2)28-14(5)16(9-15-7-8-18(17(26)10-15)36-13(3)4)23(27-28)38-25(33)22(31)21(30)20(29)19(37-25)11-35-24(32)34-6/h7-8,10,12-13,19-22,29-31,33H,9,11H2,1-6H3/t19-,20-,21+,22-,25+/m1/s1. The maximum atomic E-state index is 14.6. The minimum atomic E-state index is -2.89. The van der Waals surface area contributed by atoms with E-state index in [4.69, 9.17) is 18.9 Å². The van der Waals surface area contributed by atoms with Crippen LogP contribution in [0.4, 0.5) is 9.18 Å². The fraction of sp³-hybridized carbons (Fsp3) is 0.600. The number of hydrogen-bond donors (Lipinski definition) is 4. The van der Waals surface area contributed by atoms with Gasteiger partial charge in [0.25, 0.3) is 0 Å². The van der Waals surface area contributed by atoms with Crippen LogP contribution in [0.3, 0.4) is 0 Å². The predicted octanol–water partition coefficient (Wildman–Crippen LogP) is 1.58. The molecule has 4 N–H and O–H groups in total. The number of ether oxygens (including phenoxy) is 5. The first-order valence-corrected chi connectivity index (χ1v) is 12.1. The first-order valence-electron chi connectivity index (χ1n) is 12.1. The maximum Gasteiger partial charge on any atom is 0.508 e. The van der Waals surface area contributed by atoms with E-state index in [-0.39, 0.29) is 30.2 Å². The van der Waals surface area contributed by atoms with Gasteiger partial charge in [0, 0.05) is 23.7 Å². The molecule has 1 fully saturated rings. The number of aliphatic hydroxyl groups is 4. The highest BCUT2D eigenvalue weighted by Gasteiger charge is 2.56.